The van der Waals surface area contributed by atoms with E-state index in [2.05, 4.69) is 10.0 Å². The van der Waals surface area contributed by atoms with Crippen molar-refractivity contribution in [1.29, 1.82) is 0 Å². The lowest BCUT2D eigenvalue weighted by Gasteiger charge is -2.28. The summed E-state index contributed by atoms with van der Waals surface area (Å²) in [6, 6.07) is 11.1. The maximum Gasteiger partial charge on any atom is 0.261 e. The van der Waals surface area contributed by atoms with Crippen LogP contribution >= 0.6 is 0 Å². The Morgan fingerprint density at radius 2 is 1.79 bits per heavy atom. The van der Waals surface area contributed by atoms with E-state index < -0.39 is 15.8 Å². The first-order valence-electron chi connectivity index (χ1n) is 10.0. The smallest absolute Gasteiger partial charge is 0.261 e. The Morgan fingerprint density at radius 1 is 1.07 bits per heavy atom. The Hall–Kier alpha value is -2.41. The first kappa shape index (κ1) is 19.9. The van der Waals surface area contributed by atoms with E-state index in [0.717, 1.165) is 24.5 Å². The summed E-state index contributed by atoms with van der Waals surface area (Å²) in [7, 11) is -3.93. The van der Waals surface area contributed by atoms with Gasteiger partial charge in [0.25, 0.3) is 15.9 Å². The third kappa shape index (κ3) is 4.15. The number of para-hydroxylation sites is 1. The highest BCUT2D eigenvalue weighted by atomic mass is 32.2. The van der Waals surface area contributed by atoms with Crippen LogP contribution in [0.5, 0.6) is 0 Å². The molecule has 0 spiro atoms. The monoisotopic (exact) mass is 416 g/mol. The molecular formula is C22H25FN2O3S. The van der Waals surface area contributed by atoms with E-state index in [4.69, 9.17) is 0 Å². The van der Waals surface area contributed by atoms with Crippen LogP contribution in [-0.2, 0) is 10.0 Å². The fourth-order valence-corrected chi connectivity index (χ4v) is 5.97. The molecule has 2 saturated carbocycles. The van der Waals surface area contributed by atoms with Gasteiger partial charge >= 0.3 is 0 Å². The van der Waals surface area contributed by atoms with Crippen molar-refractivity contribution >= 4 is 21.6 Å². The van der Waals surface area contributed by atoms with Gasteiger partial charge in [-0.2, -0.15) is 0 Å². The number of carbonyl (C=O) groups excluding carboxylic acids is 1. The van der Waals surface area contributed by atoms with E-state index in [1.165, 1.54) is 31.4 Å². The predicted molar refractivity (Wildman–Crippen MR) is 110 cm³/mol. The molecule has 2 bridgehead atoms. The van der Waals surface area contributed by atoms with Crippen LogP contribution in [0.15, 0.2) is 53.4 Å². The van der Waals surface area contributed by atoms with Crippen molar-refractivity contribution in [2.45, 2.75) is 43.5 Å². The van der Waals surface area contributed by atoms with Crippen molar-refractivity contribution in [3.63, 3.8) is 0 Å². The average Bonchev–Trinajstić information content (AvgIpc) is 3.32. The second kappa shape index (κ2) is 7.78. The van der Waals surface area contributed by atoms with Crippen LogP contribution in [-0.4, -0.2) is 20.4 Å². The van der Waals surface area contributed by atoms with Gasteiger partial charge in [-0.25, -0.2) is 12.8 Å². The van der Waals surface area contributed by atoms with Crippen LogP contribution in [0.25, 0.3) is 0 Å². The Balaban J connectivity index is 1.50. The van der Waals surface area contributed by atoms with E-state index in [1.807, 2.05) is 6.92 Å². The fraction of sp³-hybridized carbons (Fsp3) is 0.409. The molecule has 154 valence electrons. The lowest BCUT2D eigenvalue weighted by atomic mass is 9.84. The molecule has 2 N–H and O–H groups in total. The molecule has 0 radical (unpaired) electrons. The molecule has 2 aromatic carbocycles. The van der Waals surface area contributed by atoms with E-state index in [9.17, 15) is 17.6 Å². The number of fused-ring (bicyclic) bond motifs is 2. The van der Waals surface area contributed by atoms with E-state index in [-0.39, 0.29) is 28.1 Å². The summed E-state index contributed by atoms with van der Waals surface area (Å²) < 4.78 is 40.9. The standard InChI is InChI=1S/C22H25FN2O3S/c1-14(20-13-15-6-7-16(20)12-15)24-22(26)19-4-2-3-5-21(19)25-29(27,28)18-10-8-17(23)9-11-18/h2-5,8-11,14-16,20,25H,6-7,12-13H2,1H3,(H,24,26). The normalized spacial score (nSPS) is 24.3. The number of amides is 1. The number of halogens is 1. The molecule has 2 aromatic rings. The van der Waals surface area contributed by atoms with Crippen LogP contribution < -0.4 is 10.0 Å². The minimum atomic E-state index is -3.93. The third-order valence-electron chi connectivity index (χ3n) is 6.33. The highest BCUT2D eigenvalue weighted by Crippen LogP contribution is 2.49. The summed E-state index contributed by atoms with van der Waals surface area (Å²) in [4.78, 5) is 12.8. The van der Waals surface area contributed by atoms with Gasteiger partial charge in [-0.15, -0.1) is 0 Å². The molecule has 4 unspecified atom stereocenters. The molecule has 0 aliphatic heterocycles. The van der Waals surface area contributed by atoms with Gasteiger partial charge in [0, 0.05) is 6.04 Å². The lowest BCUT2D eigenvalue weighted by Crippen LogP contribution is -2.40. The molecule has 2 aliphatic carbocycles. The lowest BCUT2D eigenvalue weighted by molar-refractivity contribution is 0.0916. The summed E-state index contributed by atoms with van der Waals surface area (Å²) >= 11 is 0. The van der Waals surface area contributed by atoms with Crippen LogP contribution in [0.2, 0.25) is 0 Å². The first-order chi connectivity index (χ1) is 13.8. The second-order valence-electron chi connectivity index (χ2n) is 8.21. The molecule has 4 rings (SSSR count). The molecule has 0 heterocycles. The highest BCUT2D eigenvalue weighted by molar-refractivity contribution is 7.92. The molecule has 7 heteroatoms. The van der Waals surface area contributed by atoms with Crippen LogP contribution in [0, 0.1) is 23.6 Å². The summed E-state index contributed by atoms with van der Waals surface area (Å²) in [5, 5.41) is 3.07. The molecule has 5 nitrogen and oxygen atoms in total. The topological polar surface area (TPSA) is 75.3 Å². The number of sulfonamides is 1. The van der Waals surface area contributed by atoms with Crippen molar-refractivity contribution in [3.05, 3.63) is 59.9 Å². The van der Waals surface area contributed by atoms with Crippen LogP contribution in [0.4, 0.5) is 10.1 Å². The number of hydrogen-bond acceptors (Lipinski definition) is 3. The number of benzene rings is 2. The van der Waals surface area contributed by atoms with Crippen molar-refractivity contribution < 1.29 is 17.6 Å². The fourth-order valence-electron chi connectivity index (χ4n) is 4.89. The summed E-state index contributed by atoms with van der Waals surface area (Å²) in [6.45, 7) is 2.04. The number of carbonyl (C=O) groups is 1. The molecule has 0 aromatic heterocycles. The summed E-state index contributed by atoms with van der Waals surface area (Å²) in [5.74, 6) is 1.15. The third-order valence-corrected chi connectivity index (χ3v) is 7.72. The molecule has 2 fully saturated rings. The number of hydrogen-bond donors (Lipinski definition) is 2. The maximum absolute atomic E-state index is 13.1. The SMILES string of the molecule is CC(NC(=O)c1ccccc1NS(=O)(=O)c1ccc(F)cc1)C1CC2CCC1C2. The van der Waals surface area contributed by atoms with E-state index in [0.29, 0.717) is 11.8 Å². The highest BCUT2D eigenvalue weighted by Gasteiger charge is 2.42. The van der Waals surface area contributed by atoms with Gasteiger partial charge < -0.3 is 5.32 Å². The zero-order chi connectivity index (χ0) is 20.6. The van der Waals surface area contributed by atoms with Gasteiger partial charge in [-0.05, 0) is 80.3 Å². The second-order valence-corrected chi connectivity index (χ2v) is 9.89. The first-order valence-corrected chi connectivity index (χ1v) is 11.5. The van der Waals surface area contributed by atoms with Crippen LogP contribution in [0.1, 0.15) is 43.0 Å². The Kier molecular flexibility index (Phi) is 5.34. The largest absolute Gasteiger partial charge is 0.349 e. The van der Waals surface area contributed by atoms with Crippen molar-refractivity contribution in [1.82, 2.24) is 5.32 Å². The average molecular weight is 417 g/mol. The quantitative estimate of drug-likeness (QED) is 0.742. The number of nitrogens with one attached hydrogen (secondary N) is 2. The molecule has 4 atom stereocenters. The summed E-state index contributed by atoms with van der Waals surface area (Å²) in [5.41, 5.74) is 0.475. The predicted octanol–water partition coefficient (Wildman–Crippen LogP) is 4.18. The molecule has 29 heavy (non-hydrogen) atoms. The molecule has 2 aliphatic rings. The van der Waals surface area contributed by atoms with Gasteiger partial charge in [-0.3, -0.25) is 9.52 Å². The number of anilines is 1. The van der Waals surface area contributed by atoms with Gasteiger partial charge in [0.2, 0.25) is 0 Å². The minimum Gasteiger partial charge on any atom is -0.349 e. The van der Waals surface area contributed by atoms with Crippen molar-refractivity contribution in [2.75, 3.05) is 4.72 Å². The van der Waals surface area contributed by atoms with Gasteiger partial charge in [-0.1, -0.05) is 18.6 Å². The van der Waals surface area contributed by atoms with Gasteiger partial charge in [0.1, 0.15) is 5.82 Å². The van der Waals surface area contributed by atoms with Crippen molar-refractivity contribution in [2.24, 2.45) is 17.8 Å². The zero-order valence-electron chi connectivity index (χ0n) is 16.3. The van der Waals surface area contributed by atoms with E-state index >= 15 is 0 Å². The van der Waals surface area contributed by atoms with E-state index in [1.54, 1.807) is 24.3 Å². The van der Waals surface area contributed by atoms with Gasteiger partial charge in [0.05, 0.1) is 16.1 Å². The molecular weight excluding hydrogens is 391 g/mol. The Morgan fingerprint density at radius 3 is 2.45 bits per heavy atom. The van der Waals surface area contributed by atoms with Crippen molar-refractivity contribution in [3.8, 4) is 0 Å². The number of rotatable bonds is 6. The van der Waals surface area contributed by atoms with Gasteiger partial charge in [0.15, 0.2) is 0 Å². The Bertz CT molecular complexity index is 1010. The zero-order valence-corrected chi connectivity index (χ0v) is 17.1. The maximum atomic E-state index is 13.1. The molecule has 0 saturated heterocycles. The summed E-state index contributed by atoms with van der Waals surface area (Å²) in [6.07, 6.45) is 4.96. The van der Waals surface area contributed by atoms with Crippen LogP contribution in [0.3, 0.4) is 0 Å². The Labute approximate surface area is 170 Å². The minimum absolute atomic E-state index is 0.0413. The molecule has 1 amide bonds.